The number of piperidine rings is 1. The van der Waals surface area contributed by atoms with E-state index in [4.69, 9.17) is 23.2 Å². The van der Waals surface area contributed by atoms with Crippen LogP contribution in [0.25, 0.3) is 0 Å². The molecule has 1 aromatic rings. The zero-order chi connectivity index (χ0) is 17.9. The number of aliphatic carboxylic acids is 1. The lowest BCUT2D eigenvalue weighted by molar-refractivity contribution is -0.166. The van der Waals surface area contributed by atoms with Gasteiger partial charge in [-0.2, -0.15) is 0 Å². The van der Waals surface area contributed by atoms with E-state index >= 15 is 0 Å². The molecule has 5 nitrogen and oxygen atoms in total. The molecule has 0 radical (unpaired) electrons. The third-order valence-corrected chi connectivity index (χ3v) is 5.34. The van der Waals surface area contributed by atoms with Crippen LogP contribution in [-0.4, -0.2) is 46.2 Å². The van der Waals surface area contributed by atoms with Crippen LogP contribution < -0.4 is 0 Å². The fourth-order valence-electron chi connectivity index (χ4n) is 3.24. The molecule has 2 atom stereocenters. The molecular weight excluding hydrogens is 353 g/mol. The largest absolute Gasteiger partial charge is 0.481 e. The van der Waals surface area contributed by atoms with E-state index in [1.807, 2.05) is 6.92 Å². The molecule has 2 rings (SSSR count). The predicted octanol–water partition coefficient (Wildman–Crippen LogP) is 3.00. The van der Waals surface area contributed by atoms with Crippen molar-refractivity contribution >= 4 is 35.1 Å². The van der Waals surface area contributed by atoms with Crippen molar-refractivity contribution in [3.63, 3.8) is 0 Å². The van der Waals surface area contributed by atoms with Gasteiger partial charge >= 0.3 is 5.97 Å². The lowest BCUT2D eigenvalue weighted by atomic mass is 9.74. The predicted molar refractivity (Wildman–Crippen MR) is 92.3 cm³/mol. The normalized spacial score (nSPS) is 24.0. The van der Waals surface area contributed by atoms with Crippen LogP contribution in [0.1, 0.15) is 31.7 Å². The van der Waals surface area contributed by atoms with Gasteiger partial charge in [0.1, 0.15) is 5.41 Å². The summed E-state index contributed by atoms with van der Waals surface area (Å²) >= 11 is 11.8. The molecule has 132 valence electrons. The minimum Gasteiger partial charge on any atom is -0.481 e. The average Bonchev–Trinajstić information content (AvgIpc) is 2.53. The molecule has 7 heteroatoms. The van der Waals surface area contributed by atoms with E-state index in [1.165, 1.54) is 4.90 Å². The maximum Gasteiger partial charge on any atom is 0.314 e. The first-order chi connectivity index (χ1) is 11.3. The molecule has 1 fully saturated rings. The molecule has 0 spiro atoms. The molecule has 1 amide bonds. The van der Waals surface area contributed by atoms with E-state index in [-0.39, 0.29) is 25.3 Å². The van der Waals surface area contributed by atoms with Crippen LogP contribution in [0.5, 0.6) is 0 Å². The Bertz CT molecular complexity index is 637. The number of rotatable bonds is 5. The van der Waals surface area contributed by atoms with E-state index in [2.05, 4.69) is 0 Å². The summed E-state index contributed by atoms with van der Waals surface area (Å²) in [7, 11) is 0. The molecule has 0 aromatic heterocycles. The first kappa shape index (κ1) is 19.0. The summed E-state index contributed by atoms with van der Waals surface area (Å²) in [6.45, 7) is 2.24. The number of carboxylic acids is 1. The Balaban J connectivity index is 2.14. The smallest absolute Gasteiger partial charge is 0.314 e. The SMILES string of the molecule is CCC[C@@]1(C(=O)O)CN(C(=O)Cc2ccc(Cl)c(Cl)c2)CC[C@@H]1O. The highest BCUT2D eigenvalue weighted by atomic mass is 35.5. The molecule has 1 saturated heterocycles. The van der Waals surface area contributed by atoms with E-state index < -0.39 is 17.5 Å². The molecule has 1 aliphatic rings. The van der Waals surface area contributed by atoms with Crippen molar-refractivity contribution in [2.24, 2.45) is 5.41 Å². The Hall–Kier alpha value is -1.30. The molecule has 1 heterocycles. The molecule has 0 bridgehead atoms. The van der Waals surface area contributed by atoms with Gasteiger partial charge in [-0.15, -0.1) is 0 Å². The Morgan fingerprint density at radius 1 is 1.33 bits per heavy atom. The zero-order valence-corrected chi connectivity index (χ0v) is 15.0. The number of likely N-dealkylation sites (tertiary alicyclic amines) is 1. The van der Waals surface area contributed by atoms with Crippen molar-refractivity contribution in [3.8, 4) is 0 Å². The number of halogens is 2. The van der Waals surface area contributed by atoms with Crippen LogP contribution >= 0.6 is 23.2 Å². The van der Waals surface area contributed by atoms with Crippen LogP contribution in [0.2, 0.25) is 10.0 Å². The molecule has 0 unspecified atom stereocenters. The number of aliphatic hydroxyl groups excluding tert-OH is 1. The molecule has 0 saturated carbocycles. The molecule has 0 aliphatic carbocycles. The van der Waals surface area contributed by atoms with E-state index in [9.17, 15) is 19.8 Å². The molecule has 1 aromatic carbocycles. The fraction of sp³-hybridized carbons (Fsp3) is 0.529. The molecule has 24 heavy (non-hydrogen) atoms. The lowest BCUT2D eigenvalue weighted by Crippen LogP contribution is -2.57. The summed E-state index contributed by atoms with van der Waals surface area (Å²) < 4.78 is 0. The third-order valence-electron chi connectivity index (χ3n) is 4.60. The Morgan fingerprint density at radius 2 is 2.04 bits per heavy atom. The number of hydrogen-bond donors (Lipinski definition) is 2. The van der Waals surface area contributed by atoms with E-state index in [0.29, 0.717) is 29.4 Å². The summed E-state index contributed by atoms with van der Waals surface area (Å²) in [6.07, 6.45) is 0.399. The highest BCUT2D eigenvalue weighted by Gasteiger charge is 2.49. The number of carboxylic acid groups (broad SMARTS) is 1. The van der Waals surface area contributed by atoms with Gasteiger partial charge in [0.2, 0.25) is 5.91 Å². The average molecular weight is 374 g/mol. The van der Waals surface area contributed by atoms with Gasteiger partial charge in [0.15, 0.2) is 0 Å². The number of carbonyl (C=O) groups excluding carboxylic acids is 1. The second kappa shape index (κ2) is 7.72. The highest BCUT2D eigenvalue weighted by Crippen LogP contribution is 2.36. The maximum absolute atomic E-state index is 12.6. The summed E-state index contributed by atoms with van der Waals surface area (Å²) in [5, 5.41) is 20.6. The Morgan fingerprint density at radius 3 is 2.62 bits per heavy atom. The lowest BCUT2D eigenvalue weighted by Gasteiger charge is -2.43. The minimum absolute atomic E-state index is 0.0253. The maximum atomic E-state index is 12.6. The molecule has 2 N–H and O–H groups in total. The number of nitrogens with zero attached hydrogens (tertiary/aromatic N) is 1. The van der Waals surface area contributed by atoms with Gasteiger partial charge in [-0.1, -0.05) is 42.6 Å². The van der Waals surface area contributed by atoms with Gasteiger partial charge < -0.3 is 15.1 Å². The Kier molecular flexibility index (Phi) is 6.12. The number of carbonyl (C=O) groups is 2. The standard InChI is InChI=1S/C17H21Cl2NO4/c1-2-6-17(16(23)24)10-20(7-5-14(17)21)15(22)9-11-3-4-12(18)13(19)8-11/h3-4,8,14,21H,2,5-7,9-10H2,1H3,(H,23,24)/t14-,17+/m0/s1. The second-order valence-electron chi connectivity index (χ2n) is 6.26. The first-order valence-electron chi connectivity index (χ1n) is 7.93. The Labute approximate surface area is 151 Å². The second-order valence-corrected chi connectivity index (χ2v) is 7.07. The van der Waals surface area contributed by atoms with Crippen molar-refractivity contribution in [2.75, 3.05) is 13.1 Å². The van der Waals surface area contributed by atoms with Gasteiger partial charge in [0.05, 0.1) is 22.6 Å². The number of amides is 1. The summed E-state index contributed by atoms with van der Waals surface area (Å²) in [6, 6.07) is 4.99. The van der Waals surface area contributed by atoms with Crippen LogP contribution in [0, 0.1) is 5.41 Å². The van der Waals surface area contributed by atoms with Gasteiger partial charge in [-0.25, -0.2) is 0 Å². The number of benzene rings is 1. The monoisotopic (exact) mass is 373 g/mol. The summed E-state index contributed by atoms with van der Waals surface area (Å²) in [5.41, 5.74) is -0.572. The third kappa shape index (κ3) is 3.85. The zero-order valence-electron chi connectivity index (χ0n) is 13.5. The highest BCUT2D eigenvalue weighted by molar-refractivity contribution is 6.42. The van der Waals surface area contributed by atoms with Crippen molar-refractivity contribution in [3.05, 3.63) is 33.8 Å². The minimum atomic E-state index is -1.29. The van der Waals surface area contributed by atoms with Crippen molar-refractivity contribution in [2.45, 2.75) is 38.7 Å². The van der Waals surface area contributed by atoms with Gasteiger partial charge in [0.25, 0.3) is 0 Å². The van der Waals surface area contributed by atoms with Crippen molar-refractivity contribution in [1.82, 2.24) is 4.90 Å². The van der Waals surface area contributed by atoms with E-state index in [1.54, 1.807) is 18.2 Å². The number of aliphatic hydroxyl groups is 1. The van der Waals surface area contributed by atoms with Gasteiger partial charge in [-0.05, 0) is 30.5 Å². The van der Waals surface area contributed by atoms with E-state index in [0.717, 1.165) is 5.56 Å². The quantitative estimate of drug-likeness (QED) is 0.831. The van der Waals surface area contributed by atoms with Crippen LogP contribution in [0.15, 0.2) is 18.2 Å². The van der Waals surface area contributed by atoms with Crippen LogP contribution in [-0.2, 0) is 16.0 Å². The fourth-order valence-corrected chi connectivity index (χ4v) is 3.56. The van der Waals surface area contributed by atoms with Gasteiger partial charge in [0, 0.05) is 13.1 Å². The van der Waals surface area contributed by atoms with Crippen molar-refractivity contribution in [1.29, 1.82) is 0 Å². The first-order valence-corrected chi connectivity index (χ1v) is 8.69. The van der Waals surface area contributed by atoms with Gasteiger partial charge in [-0.3, -0.25) is 9.59 Å². The number of hydrogen-bond acceptors (Lipinski definition) is 3. The summed E-state index contributed by atoms with van der Waals surface area (Å²) in [4.78, 5) is 25.8. The topological polar surface area (TPSA) is 77.8 Å². The van der Waals surface area contributed by atoms with Crippen molar-refractivity contribution < 1.29 is 19.8 Å². The molecular formula is C17H21Cl2NO4. The van der Waals surface area contributed by atoms with Crippen LogP contribution in [0.4, 0.5) is 0 Å². The van der Waals surface area contributed by atoms with Crippen LogP contribution in [0.3, 0.4) is 0 Å². The summed E-state index contributed by atoms with van der Waals surface area (Å²) in [5.74, 6) is -1.23. The molecule has 1 aliphatic heterocycles.